The fraction of sp³-hybridized carbons (Fsp3) is 0.500. The quantitative estimate of drug-likeness (QED) is 0.831. The fourth-order valence-corrected chi connectivity index (χ4v) is 2.37. The number of likely N-dealkylation sites (N-methyl/N-ethyl adjacent to an activating group) is 1. The summed E-state index contributed by atoms with van der Waals surface area (Å²) in [5, 5.41) is 4.19. The average Bonchev–Trinajstić information content (AvgIpc) is 2.86. The highest BCUT2D eigenvalue weighted by atomic mass is 32.1. The lowest BCUT2D eigenvalue weighted by molar-refractivity contribution is 0.305. The maximum atomic E-state index is 5.26. The number of aryl methyl sites for hydroxylation is 1. The van der Waals surface area contributed by atoms with E-state index < -0.39 is 0 Å². The van der Waals surface area contributed by atoms with Gasteiger partial charge < -0.3 is 9.88 Å². The summed E-state index contributed by atoms with van der Waals surface area (Å²) in [6, 6.07) is 1.88. The van der Waals surface area contributed by atoms with Gasteiger partial charge in [-0.3, -0.25) is 4.68 Å². The molecule has 0 bridgehead atoms. The minimum Gasteiger partial charge on any atom is -0.343 e. The van der Waals surface area contributed by atoms with Crippen molar-refractivity contribution < 1.29 is 0 Å². The van der Waals surface area contributed by atoms with E-state index in [0.29, 0.717) is 4.64 Å². The summed E-state index contributed by atoms with van der Waals surface area (Å²) in [7, 11) is 1.90. The minimum absolute atomic E-state index is 0.622. The Kier molecular flexibility index (Phi) is 5.03. The molecule has 1 N–H and O–H groups in total. The molecule has 0 unspecified atom stereocenters. The Morgan fingerprint density at radius 3 is 2.70 bits per heavy atom. The summed E-state index contributed by atoms with van der Waals surface area (Å²) in [6.07, 6.45) is 4.67. The molecule has 0 aliphatic carbocycles. The Hall–Kier alpha value is -1.53. The van der Waals surface area contributed by atoms with Gasteiger partial charge in [-0.25, -0.2) is 4.98 Å². The summed E-state index contributed by atoms with van der Waals surface area (Å²) < 4.78 is 2.40. The Bertz CT molecular complexity index is 612. The van der Waals surface area contributed by atoms with Crippen LogP contribution < -0.4 is 0 Å². The molecule has 20 heavy (non-hydrogen) atoms. The third-order valence-corrected chi connectivity index (χ3v) is 3.58. The molecule has 5 nitrogen and oxygen atoms in total. The van der Waals surface area contributed by atoms with Crippen LogP contribution in [-0.4, -0.2) is 44.3 Å². The standard InChI is InChI=1S/C14H21N5S/c1-4-19(5-2)7-6-13-16-12(8-14(20)17-13)11-9-15-18(3)10-11/h8-10H,4-7H2,1-3H3,(H,16,17,20). The molecule has 0 aromatic carbocycles. The number of nitrogens with one attached hydrogen (secondary N) is 1. The van der Waals surface area contributed by atoms with Crippen molar-refractivity contribution in [2.45, 2.75) is 20.3 Å². The Labute approximate surface area is 124 Å². The highest BCUT2D eigenvalue weighted by molar-refractivity contribution is 7.71. The highest BCUT2D eigenvalue weighted by Crippen LogP contribution is 2.15. The van der Waals surface area contributed by atoms with Gasteiger partial charge in [-0.05, 0) is 19.2 Å². The van der Waals surface area contributed by atoms with Crippen molar-refractivity contribution in [2.75, 3.05) is 19.6 Å². The SMILES string of the molecule is CCN(CC)CCc1nc(=S)cc(-c2cnn(C)c2)[nH]1. The van der Waals surface area contributed by atoms with Crippen molar-refractivity contribution in [3.05, 3.63) is 28.9 Å². The first-order valence-electron chi connectivity index (χ1n) is 6.94. The van der Waals surface area contributed by atoms with E-state index in [9.17, 15) is 0 Å². The fourth-order valence-electron chi connectivity index (χ4n) is 2.15. The third-order valence-electron chi connectivity index (χ3n) is 3.37. The van der Waals surface area contributed by atoms with Gasteiger partial charge in [0.2, 0.25) is 0 Å². The zero-order chi connectivity index (χ0) is 14.5. The van der Waals surface area contributed by atoms with Crippen LogP contribution in [0, 0.1) is 4.64 Å². The van der Waals surface area contributed by atoms with Crippen LogP contribution >= 0.6 is 12.2 Å². The van der Waals surface area contributed by atoms with Crippen LogP contribution in [0.5, 0.6) is 0 Å². The Morgan fingerprint density at radius 1 is 1.35 bits per heavy atom. The first-order valence-corrected chi connectivity index (χ1v) is 7.34. The van der Waals surface area contributed by atoms with Crippen LogP contribution in [0.2, 0.25) is 0 Å². The largest absolute Gasteiger partial charge is 0.343 e. The van der Waals surface area contributed by atoms with Gasteiger partial charge in [0.05, 0.1) is 11.9 Å². The minimum atomic E-state index is 0.622. The molecule has 6 heteroatoms. The molecule has 2 aromatic heterocycles. The molecule has 0 aliphatic heterocycles. The predicted octanol–water partition coefficient (Wildman–Crippen LogP) is 2.42. The zero-order valence-corrected chi connectivity index (χ0v) is 13.1. The number of rotatable bonds is 6. The molecule has 0 radical (unpaired) electrons. The smallest absolute Gasteiger partial charge is 0.130 e. The molecule has 0 atom stereocenters. The van der Waals surface area contributed by atoms with E-state index in [-0.39, 0.29) is 0 Å². The van der Waals surface area contributed by atoms with Gasteiger partial charge >= 0.3 is 0 Å². The number of nitrogens with zero attached hydrogens (tertiary/aromatic N) is 4. The zero-order valence-electron chi connectivity index (χ0n) is 12.3. The maximum absolute atomic E-state index is 5.26. The first kappa shape index (κ1) is 14.9. The van der Waals surface area contributed by atoms with Gasteiger partial charge in [-0.2, -0.15) is 5.10 Å². The van der Waals surface area contributed by atoms with Crippen molar-refractivity contribution in [1.29, 1.82) is 0 Å². The molecule has 108 valence electrons. The van der Waals surface area contributed by atoms with E-state index in [4.69, 9.17) is 12.2 Å². The maximum Gasteiger partial charge on any atom is 0.130 e. The summed E-state index contributed by atoms with van der Waals surface area (Å²) in [4.78, 5) is 10.1. The van der Waals surface area contributed by atoms with Gasteiger partial charge in [-0.15, -0.1) is 0 Å². The highest BCUT2D eigenvalue weighted by Gasteiger charge is 2.06. The molecule has 2 rings (SSSR count). The van der Waals surface area contributed by atoms with Crippen molar-refractivity contribution in [3.63, 3.8) is 0 Å². The van der Waals surface area contributed by atoms with Crippen LogP contribution in [0.1, 0.15) is 19.7 Å². The van der Waals surface area contributed by atoms with Crippen LogP contribution in [-0.2, 0) is 13.5 Å². The average molecular weight is 291 g/mol. The second-order valence-corrected chi connectivity index (χ2v) is 5.18. The molecule has 0 spiro atoms. The van der Waals surface area contributed by atoms with Crippen LogP contribution in [0.15, 0.2) is 18.5 Å². The van der Waals surface area contributed by atoms with Crippen molar-refractivity contribution in [2.24, 2.45) is 7.05 Å². The molecular weight excluding hydrogens is 270 g/mol. The second kappa shape index (κ2) is 6.76. The van der Waals surface area contributed by atoms with Crippen molar-refractivity contribution >= 4 is 12.2 Å². The van der Waals surface area contributed by atoms with Crippen molar-refractivity contribution in [1.82, 2.24) is 24.6 Å². The molecule has 2 heterocycles. The Morgan fingerprint density at radius 2 is 2.10 bits per heavy atom. The van der Waals surface area contributed by atoms with Gasteiger partial charge in [0.15, 0.2) is 0 Å². The number of aromatic nitrogens is 4. The number of hydrogen-bond donors (Lipinski definition) is 1. The topological polar surface area (TPSA) is 49.7 Å². The molecule has 0 saturated carbocycles. The molecule has 2 aromatic rings. The summed E-state index contributed by atoms with van der Waals surface area (Å²) in [6.45, 7) is 7.44. The summed E-state index contributed by atoms with van der Waals surface area (Å²) in [5.41, 5.74) is 2.01. The predicted molar refractivity (Wildman–Crippen MR) is 83.1 cm³/mol. The monoisotopic (exact) mass is 291 g/mol. The van der Waals surface area contributed by atoms with E-state index in [0.717, 1.165) is 43.1 Å². The van der Waals surface area contributed by atoms with Gasteiger partial charge in [0.1, 0.15) is 10.5 Å². The normalized spacial score (nSPS) is 11.2. The lowest BCUT2D eigenvalue weighted by Crippen LogP contribution is -2.25. The second-order valence-electron chi connectivity index (χ2n) is 4.76. The van der Waals surface area contributed by atoms with E-state index in [1.807, 2.05) is 25.5 Å². The van der Waals surface area contributed by atoms with E-state index in [1.165, 1.54) is 0 Å². The number of hydrogen-bond acceptors (Lipinski definition) is 4. The third kappa shape index (κ3) is 3.74. The van der Waals surface area contributed by atoms with Crippen LogP contribution in [0.3, 0.4) is 0 Å². The van der Waals surface area contributed by atoms with Crippen LogP contribution in [0.4, 0.5) is 0 Å². The van der Waals surface area contributed by atoms with E-state index in [2.05, 4.69) is 33.8 Å². The molecule has 0 aliphatic rings. The molecule has 0 amide bonds. The molecule has 0 fully saturated rings. The van der Waals surface area contributed by atoms with Crippen LogP contribution in [0.25, 0.3) is 11.3 Å². The Balaban J connectivity index is 2.19. The van der Waals surface area contributed by atoms with Crippen molar-refractivity contribution in [3.8, 4) is 11.3 Å². The molecular formula is C14H21N5S. The van der Waals surface area contributed by atoms with Gasteiger partial charge in [0.25, 0.3) is 0 Å². The van der Waals surface area contributed by atoms with Gasteiger partial charge in [-0.1, -0.05) is 26.1 Å². The van der Waals surface area contributed by atoms with E-state index in [1.54, 1.807) is 4.68 Å². The summed E-state index contributed by atoms with van der Waals surface area (Å²) in [5.74, 6) is 0.934. The number of H-pyrrole nitrogens is 1. The lowest BCUT2D eigenvalue weighted by atomic mass is 10.2. The molecule has 0 saturated heterocycles. The summed E-state index contributed by atoms with van der Waals surface area (Å²) >= 11 is 5.26. The van der Waals surface area contributed by atoms with E-state index >= 15 is 0 Å². The number of aromatic amines is 1. The van der Waals surface area contributed by atoms with Gasteiger partial charge in [0, 0.05) is 31.8 Å². The first-order chi connectivity index (χ1) is 9.62. The lowest BCUT2D eigenvalue weighted by Gasteiger charge is -2.17.